The van der Waals surface area contributed by atoms with Crippen molar-refractivity contribution in [3.8, 4) is 0 Å². The first-order valence-electron chi connectivity index (χ1n) is 9.07. The van der Waals surface area contributed by atoms with Crippen LogP contribution < -0.4 is 0 Å². The fourth-order valence-electron chi connectivity index (χ4n) is 5.44. The molecule has 0 aromatic rings. The van der Waals surface area contributed by atoms with Gasteiger partial charge in [-0.15, -0.1) is 0 Å². The zero-order valence-electron chi connectivity index (χ0n) is 15.2. The minimum absolute atomic E-state index is 0.0938. The molecule has 132 valence electrons. The first-order chi connectivity index (χ1) is 10.4. The summed E-state index contributed by atoms with van der Waals surface area (Å²) in [7, 11) is 0. The minimum Gasteiger partial charge on any atom is -0.461 e. The normalized spacial score (nSPS) is 44.9. The highest BCUT2D eigenvalue weighted by molar-refractivity contribution is 5.77. The van der Waals surface area contributed by atoms with Gasteiger partial charge in [0, 0.05) is 18.3 Å². The predicted octanol–water partition coefficient (Wildman–Crippen LogP) is 3.05. The lowest BCUT2D eigenvalue weighted by atomic mass is 9.51. The molecule has 0 heterocycles. The molecule has 4 fully saturated rings. The molecule has 1 unspecified atom stereocenters. The number of rotatable bonds is 3. The summed E-state index contributed by atoms with van der Waals surface area (Å²) in [5.41, 5.74) is -2.18. The van der Waals surface area contributed by atoms with Crippen LogP contribution in [0.3, 0.4) is 0 Å². The molecule has 4 nitrogen and oxygen atoms in total. The average Bonchev–Trinajstić information content (AvgIpc) is 2.37. The molecule has 0 amide bonds. The molecule has 0 radical (unpaired) electrons. The topological polar surface area (TPSA) is 66.8 Å². The molecule has 0 aromatic carbocycles. The van der Waals surface area contributed by atoms with Crippen LogP contribution in [-0.2, 0) is 9.53 Å². The van der Waals surface area contributed by atoms with E-state index in [4.69, 9.17) is 4.74 Å². The van der Waals surface area contributed by atoms with Gasteiger partial charge in [-0.05, 0) is 44.4 Å². The summed E-state index contributed by atoms with van der Waals surface area (Å²) in [6, 6.07) is 0. The Hall–Kier alpha value is -0.610. The van der Waals surface area contributed by atoms with E-state index in [-0.39, 0.29) is 29.3 Å². The van der Waals surface area contributed by atoms with E-state index in [1.54, 1.807) is 0 Å². The van der Waals surface area contributed by atoms with E-state index in [0.29, 0.717) is 32.1 Å². The Morgan fingerprint density at radius 3 is 1.83 bits per heavy atom. The SMILES string of the molecule is CCC(C)(C(=O)OC1C2CC3(O)CC1CC(O)(C2)C3)C(C)(C)C. The quantitative estimate of drug-likeness (QED) is 0.783. The molecule has 23 heavy (non-hydrogen) atoms. The maximum Gasteiger partial charge on any atom is 0.312 e. The summed E-state index contributed by atoms with van der Waals surface area (Å²) in [5.74, 6) is 0.0662. The van der Waals surface area contributed by atoms with Gasteiger partial charge in [-0.25, -0.2) is 0 Å². The number of hydrogen-bond acceptors (Lipinski definition) is 4. The second kappa shape index (κ2) is 4.95. The van der Waals surface area contributed by atoms with E-state index in [1.807, 2.05) is 13.8 Å². The summed E-state index contributed by atoms with van der Waals surface area (Å²) < 4.78 is 6.04. The first kappa shape index (κ1) is 17.2. The third kappa shape index (κ3) is 2.62. The molecule has 4 heteroatoms. The van der Waals surface area contributed by atoms with Crippen molar-refractivity contribution >= 4 is 5.97 Å². The zero-order chi connectivity index (χ0) is 17.3. The highest BCUT2D eigenvalue weighted by Crippen LogP contribution is 2.58. The Morgan fingerprint density at radius 1 is 1.04 bits per heavy atom. The molecule has 0 aromatic heterocycles. The third-order valence-corrected chi connectivity index (χ3v) is 7.21. The zero-order valence-corrected chi connectivity index (χ0v) is 15.2. The summed E-state index contributed by atoms with van der Waals surface area (Å²) in [6.45, 7) is 10.3. The van der Waals surface area contributed by atoms with Gasteiger partial charge in [0.15, 0.2) is 0 Å². The van der Waals surface area contributed by atoms with Gasteiger partial charge in [-0.1, -0.05) is 27.7 Å². The summed E-state index contributed by atoms with van der Waals surface area (Å²) in [6.07, 6.45) is 3.71. The smallest absolute Gasteiger partial charge is 0.312 e. The van der Waals surface area contributed by atoms with Gasteiger partial charge >= 0.3 is 5.97 Å². The molecule has 0 aliphatic heterocycles. The summed E-state index contributed by atoms with van der Waals surface area (Å²) in [5, 5.41) is 21.3. The Bertz CT molecular complexity index is 470. The van der Waals surface area contributed by atoms with E-state index in [1.165, 1.54) is 0 Å². The Morgan fingerprint density at radius 2 is 1.48 bits per heavy atom. The summed E-state index contributed by atoms with van der Waals surface area (Å²) >= 11 is 0. The number of carbonyl (C=O) groups excluding carboxylic acids is 1. The van der Waals surface area contributed by atoms with Crippen LogP contribution in [0, 0.1) is 22.7 Å². The second-order valence-electron chi connectivity index (χ2n) is 9.77. The maximum atomic E-state index is 12.9. The van der Waals surface area contributed by atoms with Crippen molar-refractivity contribution < 1.29 is 19.7 Å². The number of ether oxygens (including phenoxy) is 1. The molecule has 0 spiro atoms. The molecular formula is C19H32O4. The van der Waals surface area contributed by atoms with Gasteiger partial charge < -0.3 is 14.9 Å². The van der Waals surface area contributed by atoms with E-state index < -0.39 is 16.6 Å². The van der Waals surface area contributed by atoms with Crippen molar-refractivity contribution in [1.82, 2.24) is 0 Å². The van der Waals surface area contributed by atoms with Crippen molar-refractivity contribution in [2.45, 2.75) is 90.4 Å². The Kier molecular flexibility index (Phi) is 3.71. The van der Waals surface area contributed by atoms with Crippen LogP contribution in [-0.4, -0.2) is 33.5 Å². The van der Waals surface area contributed by atoms with Crippen LogP contribution in [0.15, 0.2) is 0 Å². The highest BCUT2D eigenvalue weighted by Gasteiger charge is 2.62. The van der Waals surface area contributed by atoms with Crippen molar-refractivity contribution in [1.29, 1.82) is 0 Å². The summed E-state index contributed by atoms with van der Waals surface area (Å²) in [4.78, 5) is 12.9. The van der Waals surface area contributed by atoms with Crippen LogP contribution >= 0.6 is 0 Å². The van der Waals surface area contributed by atoms with Gasteiger partial charge in [-0.3, -0.25) is 4.79 Å². The first-order valence-corrected chi connectivity index (χ1v) is 9.07. The molecule has 2 N–H and O–H groups in total. The number of aliphatic hydroxyl groups is 2. The van der Waals surface area contributed by atoms with Crippen molar-refractivity contribution in [2.24, 2.45) is 22.7 Å². The Labute approximate surface area is 139 Å². The molecule has 4 rings (SSSR count). The Balaban J connectivity index is 1.78. The second-order valence-corrected chi connectivity index (χ2v) is 9.77. The van der Waals surface area contributed by atoms with Gasteiger partial charge in [0.05, 0.1) is 16.6 Å². The molecular weight excluding hydrogens is 292 g/mol. The minimum atomic E-state index is -0.748. The molecule has 1 atom stereocenters. The van der Waals surface area contributed by atoms with E-state index >= 15 is 0 Å². The van der Waals surface area contributed by atoms with Gasteiger partial charge in [0.1, 0.15) is 6.10 Å². The monoisotopic (exact) mass is 324 g/mol. The highest BCUT2D eigenvalue weighted by atomic mass is 16.5. The molecule has 0 saturated heterocycles. The standard InChI is InChI=1S/C19H32O4/c1-6-17(5,16(2,3)4)15(20)23-14-12-7-18(21)9-13(14)10-19(22,8-12)11-18/h12-14,21-22H,6-11H2,1-5H3. The van der Waals surface area contributed by atoms with Gasteiger partial charge in [0.2, 0.25) is 0 Å². The van der Waals surface area contributed by atoms with Crippen molar-refractivity contribution in [2.75, 3.05) is 0 Å². The number of hydrogen-bond donors (Lipinski definition) is 2. The molecule has 4 saturated carbocycles. The number of carbonyl (C=O) groups is 1. The van der Waals surface area contributed by atoms with Gasteiger partial charge in [0.25, 0.3) is 0 Å². The number of esters is 1. The van der Waals surface area contributed by atoms with E-state index in [9.17, 15) is 15.0 Å². The van der Waals surface area contributed by atoms with Crippen molar-refractivity contribution in [3.63, 3.8) is 0 Å². The van der Waals surface area contributed by atoms with E-state index in [0.717, 1.165) is 6.42 Å². The van der Waals surface area contributed by atoms with Crippen LogP contribution in [0.25, 0.3) is 0 Å². The molecule has 4 aliphatic rings. The lowest BCUT2D eigenvalue weighted by Crippen LogP contribution is -2.65. The van der Waals surface area contributed by atoms with Crippen LogP contribution in [0.4, 0.5) is 0 Å². The van der Waals surface area contributed by atoms with Crippen LogP contribution in [0.5, 0.6) is 0 Å². The van der Waals surface area contributed by atoms with Crippen molar-refractivity contribution in [3.05, 3.63) is 0 Å². The fourth-order valence-corrected chi connectivity index (χ4v) is 5.44. The fraction of sp³-hybridized carbons (Fsp3) is 0.947. The van der Waals surface area contributed by atoms with E-state index in [2.05, 4.69) is 20.8 Å². The lowest BCUT2D eigenvalue weighted by molar-refractivity contribution is -0.246. The van der Waals surface area contributed by atoms with Gasteiger partial charge in [-0.2, -0.15) is 0 Å². The molecule has 4 bridgehead atoms. The maximum absolute atomic E-state index is 12.9. The predicted molar refractivity (Wildman–Crippen MR) is 87.7 cm³/mol. The molecule has 4 aliphatic carbocycles. The third-order valence-electron chi connectivity index (χ3n) is 7.21. The lowest BCUT2D eigenvalue weighted by Gasteiger charge is -2.60. The average molecular weight is 324 g/mol. The van der Waals surface area contributed by atoms with Crippen LogP contribution in [0.1, 0.15) is 73.1 Å². The van der Waals surface area contributed by atoms with Crippen LogP contribution in [0.2, 0.25) is 0 Å². The largest absolute Gasteiger partial charge is 0.461 e.